The van der Waals surface area contributed by atoms with Crippen molar-refractivity contribution in [3.05, 3.63) is 168 Å². The third-order valence-corrected chi connectivity index (χ3v) is 10.5. The maximum Gasteiger partial charge on any atom is 0.164 e. The lowest BCUT2D eigenvalue weighted by Gasteiger charge is -2.31. The lowest BCUT2D eigenvalue weighted by molar-refractivity contribution is 0.667. The first-order valence-corrected chi connectivity index (χ1v) is 17.5. The Kier molecular flexibility index (Phi) is 6.83. The zero-order valence-electron chi connectivity index (χ0n) is 27.5. The van der Waals surface area contributed by atoms with Crippen LogP contribution in [0.15, 0.2) is 161 Å². The SMILES string of the molecule is C1=CCCC(c2nc(-c3ccccc3)nc(-c3ccc4c(c3)oc3cccc(N5C6=C(C=C(c7ccccc7)CC6)C6C=CC=CC65)c34)n2)=C1. The van der Waals surface area contributed by atoms with Crippen LogP contribution in [-0.4, -0.2) is 21.0 Å². The molecule has 6 aromatic rings. The number of hydrogen-bond donors (Lipinski definition) is 0. The van der Waals surface area contributed by atoms with Gasteiger partial charge < -0.3 is 9.32 Å². The molecule has 3 heterocycles. The summed E-state index contributed by atoms with van der Waals surface area (Å²) in [6.07, 6.45) is 21.9. The third-order valence-electron chi connectivity index (χ3n) is 10.5. The molecule has 0 fully saturated rings. The summed E-state index contributed by atoms with van der Waals surface area (Å²) in [5, 5.41) is 2.23. The third kappa shape index (κ3) is 4.80. The van der Waals surface area contributed by atoms with Crippen LogP contribution >= 0.6 is 0 Å². The van der Waals surface area contributed by atoms with Crippen LogP contribution in [0.1, 0.15) is 37.1 Å². The molecule has 0 bridgehead atoms. The molecule has 0 saturated heterocycles. The van der Waals surface area contributed by atoms with Gasteiger partial charge in [0.25, 0.3) is 0 Å². The molecule has 2 atom stereocenters. The molecule has 0 amide bonds. The van der Waals surface area contributed by atoms with Gasteiger partial charge >= 0.3 is 0 Å². The zero-order chi connectivity index (χ0) is 33.0. The molecular weight excluding hydrogens is 613 g/mol. The molecular formula is C45H34N4O. The van der Waals surface area contributed by atoms with Gasteiger partial charge in [0.1, 0.15) is 11.2 Å². The quantitative estimate of drug-likeness (QED) is 0.187. The summed E-state index contributed by atoms with van der Waals surface area (Å²) in [5.74, 6) is 2.35. The Morgan fingerprint density at radius 3 is 2.22 bits per heavy atom. The highest BCUT2D eigenvalue weighted by molar-refractivity contribution is 6.12. The van der Waals surface area contributed by atoms with Gasteiger partial charge in [0.05, 0.1) is 17.1 Å². The maximum absolute atomic E-state index is 6.64. The molecule has 3 aliphatic carbocycles. The summed E-state index contributed by atoms with van der Waals surface area (Å²) in [4.78, 5) is 17.5. The lowest BCUT2D eigenvalue weighted by Crippen LogP contribution is -2.32. The van der Waals surface area contributed by atoms with E-state index in [9.17, 15) is 0 Å². The molecule has 0 spiro atoms. The summed E-state index contributed by atoms with van der Waals surface area (Å²) in [7, 11) is 0. The first-order valence-electron chi connectivity index (χ1n) is 17.5. The average molecular weight is 647 g/mol. The maximum atomic E-state index is 6.64. The van der Waals surface area contributed by atoms with Crippen LogP contribution in [0.2, 0.25) is 0 Å². The Morgan fingerprint density at radius 1 is 0.620 bits per heavy atom. The summed E-state index contributed by atoms with van der Waals surface area (Å²) in [6, 6.07) is 34.1. The number of aromatic nitrogens is 3. The number of fused-ring (bicyclic) bond motifs is 5. The molecule has 4 aromatic carbocycles. The lowest BCUT2D eigenvalue weighted by atomic mass is 9.85. The molecule has 4 aliphatic rings. The molecule has 5 heteroatoms. The normalized spacial score (nSPS) is 19.6. The molecule has 240 valence electrons. The van der Waals surface area contributed by atoms with Crippen LogP contribution in [0.3, 0.4) is 0 Å². The van der Waals surface area contributed by atoms with E-state index in [0.29, 0.717) is 17.6 Å². The highest BCUT2D eigenvalue weighted by Crippen LogP contribution is 2.50. The predicted molar refractivity (Wildman–Crippen MR) is 203 cm³/mol. The first-order chi connectivity index (χ1) is 24.8. The minimum Gasteiger partial charge on any atom is -0.456 e. The number of furan rings is 1. The highest BCUT2D eigenvalue weighted by Gasteiger charge is 2.40. The van der Waals surface area contributed by atoms with Crippen molar-refractivity contribution in [3.63, 3.8) is 0 Å². The summed E-state index contributed by atoms with van der Waals surface area (Å²) in [6.45, 7) is 0. The number of benzene rings is 4. The smallest absolute Gasteiger partial charge is 0.164 e. The van der Waals surface area contributed by atoms with E-state index >= 15 is 0 Å². The van der Waals surface area contributed by atoms with Crippen LogP contribution in [0, 0.1) is 5.92 Å². The van der Waals surface area contributed by atoms with Crippen molar-refractivity contribution in [2.45, 2.75) is 31.7 Å². The van der Waals surface area contributed by atoms with Gasteiger partial charge in [0.15, 0.2) is 17.5 Å². The Bertz CT molecular complexity index is 2500. The first kappa shape index (κ1) is 28.9. The van der Waals surface area contributed by atoms with E-state index in [4.69, 9.17) is 19.4 Å². The van der Waals surface area contributed by atoms with E-state index in [0.717, 1.165) is 70.1 Å². The van der Waals surface area contributed by atoms with Gasteiger partial charge in [0, 0.05) is 28.1 Å². The van der Waals surface area contributed by atoms with Gasteiger partial charge in [-0.3, -0.25) is 0 Å². The van der Waals surface area contributed by atoms with E-state index in [-0.39, 0.29) is 6.04 Å². The fourth-order valence-electron chi connectivity index (χ4n) is 8.09. The Balaban J connectivity index is 1.10. The highest BCUT2D eigenvalue weighted by atomic mass is 16.3. The molecule has 1 aliphatic heterocycles. The summed E-state index contributed by atoms with van der Waals surface area (Å²) >= 11 is 0. The second-order valence-electron chi connectivity index (χ2n) is 13.4. The summed E-state index contributed by atoms with van der Waals surface area (Å²) < 4.78 is 6.64. The van der Waals surface area contributed by atoms with Crippen LogP contribution in [-0.2, 0) is 0 Å². The molecule has 5 nitrogen and oxygen atoms in total. The molecule has 2 aromatic heterocycles. The van der Waals surface area contributed by atoms with Gasteiger partial charge in [0.2, 0.25) is 0 Å². The Hall–Kier alpha value is -6.07. The topological polar surface area (TPSA) is 55.1 Å². The van der Waals surface area contributed by atoms with Crippen molar-refractivity contribution >= 4 is 38.8 Å². The van der Waals surface area contributed by atoms with Crippen molar-refractivity contribution in [1.82, 2.24) is 15.0 Å². The molecule has 50 heavy (non-hydrogen) atoms. The van der Waals surface area contributed by atoms with E-state index in [1.165, 1.54) is 28.1 Å². The van der Waals surface area contributed by atoms with Crippen LogP contribution in [0.4, 0.5) is 5.69 Å². The minimum absolute atomic E-state index is 0.218. The number of allylic oxidation sites excluding steroid dienone is 9. The van der Waals surface area contributed by atoms with E-state index < -0.39 is 0 Å². The van der Waals surface area contributed by atoms with Gasteiger partial charge in [-0.05, 0) is 72.2 Å². The van der Waals surface area contributed by atoms with E-state index in [2.05, 4.69) is 120 Å². The Morgan fingerprint density at radius 2 is 1.40 bits per heavy atom. The van der Waals surface area contributed by atoms with Crippen LogP contribution < -0.4 is 4.90 Å². The van der Waals surface area contributed by atoms with Gasteiger partial charge in [-0.15, -0.1) is 0 Å². The van der Waals surface area contributed by atoms with Crippen molar-refractivity contribution in [2.24, 2.45) is 5.92 Å². The fraction of sp³-hybridized carbons (Fsp3) is 0.133. The Labute approximate surface area is 291 Å². The number of anilines is 1. The van der Waals surface area contributed by atoms with Gasteiger partial charge in [-0.2, -0.15) is 0 Å². The monoisotopic (exact) mass is 646 g/mol. The van der Waals surface area contributed by atoms with Crippen LogP contribution in [0.5, 0.6) is 0 Å². The summed E-state index contributed by atoms with van der Waals surface area (Å²) in [5.41, 5.74) is 11.5. The molecule has 0 saturated carbocycles. The minimum atomic E-state index is 0.218. The van der Waals surface area contributed by atoms with E-state index in [1.54, 1.807) is 0 Å². The predicted octanol–water partition coefficient (Wildman–Crippen LogP) is 10.9. The van der Waals surface area contributed by atoms with Crippen molar-refractivity contribution < 1.29 is 4.42 Å². The van der Waals surface area contributed by atoms with Crippen molar-refractivity contribution in [1.29, 1.82) is 0 Å². The second-order valence-corrected chi connectivity index (χ2v) is 13.4. The zero-order valence-corrected chi connectivity index (χ0v) is 27.5. The second kappa shape index (κ2) is 11.8. The number of nitrogens with zero attached hydrogens (tertiary/aromatic N) is 4. The number of hydrogen-bond acceptors (Lipinski definition) is 5. The molecule has 10 rings (SSSR count). The van der Waals surface area contributed by atoms with Gasteiger partial charge in [-0.1, -0.05) is 121 Å². The molecule has 2 unspecified atom stereocenters. The average Bonchev–Trinajstić information content (AvgIpc) is 3.74. The largest absolute Gasteiger partial charge is 0.456 e. The fourth-order valence-corrected chi connectivity index (χ4v) is 8.09. The van der Waals surface area contributed by atoms with E-state index in [1.807, 2.05) is 30.3 Å². The standard InChI is InChI=1S/C45H34N4O/c1-4-13-29(14-5-1)32-24-26-38-36(27-32)34-19-10-11-20-37(34)49(38)39-21-12-22-40-42(39)35-25-23-33(28-41(35)50-40)45-47-43(30-15-6-2-7-16-30)46-44(48-45)31-17-8-3-9-18-31/h1-8,10-17,19-23,25,27-28,34,37H,9,18,24,26H2. The van der Waals surface area contributed by atoms with Crippen molar-refractivity contribution in [2.75, 3.05) is 4.90 Å². The van der Waals surface area contributed by atoms with Crippen molar-refractivity contribution in [3.8, 4) is 22.8 Å². The van der Waals surface area contributed by atoms with Gasteiger partial charge in [-0.25, -0.2) is 15.0 Å². The molecule has 0 N–H and O–H groups in total. The number of rotatable bonds is 5. The van der Waals surface area contributed by atoms with Crippen LogP contribution in [0.25, 0.3) is 55.9 Å². The molecule has 0 radical (unpaired) electrons.